The van der Waals surface area contributed by atoms with Crippen LogP contribution in [0, 0.1) is 17.2 Å². The quantitative estimate of drug-likeness (QED) is 0.709. The third-order valence-electron chi connectivity index (χ3n) is 3.64. The van der Waals surface area contributed by atoms with E-state index in [0.717, 1.165) is 25.7 Å². The zero-order chi connectivity index (χ0) is 12.3. The molecule has 1 aliphatic carbocycles. The second-order valence-corrected chi connectivity index (χ2v) is 4.88. The molecule has 94 valence electrons. The van der Waals surface area contributed by atoms with E-state index in [1.807, 2.05) is 0 Å². The number of rotatable bonds is 1. The van der Waals surface area contributed by atoms with Crippen molar-refractivity contribution < 1.29 is 9.53 Å². The third kappa shape index (κ3) is 2.96. The first kappa shape index (κ1) is 12.3. The average molecular weight is 237 g/mol. The lowest BCUT2D eigenvalue weighted by molar-refractivity contribution is -0.142. The number of amides is 1. The molecule has 2 rings (SSSR count). The van der Waals surface area contributed by atoms with Gasteiger partial charge >= 0.3 is 0 Å². The van der Waals surface area contributed by atoms with Crippen LogP contribution in [0.1, 0.15) is 25.7 Å². The zero-order valence-corrected chi connectivity index (χ0v) is 9.97. The van der Waals surface area contributed by atoms with Crippen molar-refractivity contribution in [1.82, 2.24) is 4.90 Å². The predicted molar refractivity (Wildman–Crippen MR) is 61.9 cm³/mol. The maximum Gasteiger partial charge on any atom is 0.225 e. The Labute approximate surface area is 102 Å². The molecule has 1 heterocycles. The van der Waals surface area contributed by atoms with Gasteiger partial charge in [0.1, 0.15) is 0 Å². The molecule has 1 amide bonds. The van der Waals surface area contributed by atoms with Gasteiger partial charge in [0.25, 0.3) is 0 Å². The molecule has 1 saturated carbocycles. The van der Waals surface area contributed by atoms with Crippen molar-refractivity contribution in [3.63, 3.8) is 0 Å². The Balaban J connectivity index is 1.89. The van der Waals surface area contributed by atoms with Gasteiger partial charge in [-0.3, -0.25) is 4.79 Å². The van der Waals surface area contributed by atoms with Gasteiger partial charge in [-0.05, 0) is 25.7 Å². The van der Waals surface area contributed by atoms with E-state index in [2.05, 4.69) is 6.07 Å². The van der Waals surface area contributed by atoms with E-state index >= 15 is 0 Å². The summed E-state index contributed by atoms with van der Waals surface area (Å²) in [7, 11) is 0. The number of nitrogens with zero attached hydrogens (tertiary/aromatic N) is 2. The number of nitrogens with two attached hydrogens (primary N) is 1. The Morgan fingerprint density at radius 3 is 2.71 bits per heavy atom. The van der Waals surface area contributed by atoms with Crippen LogP contribution in [0.4, 0.5) is 0 Å². The fourth-order valence-corrected chi connectivity index (χ4v) is 2.55. The fraction of sp³-hybridized carbons (Fsp3) is 0.833. The molecule has 1 unspecified atom stereocenters. The van der Waals surface area contributed by atoms with Crippen LogP contribution in [0.15, 0.2) is 0 Å². The second-order valence-electron chi connectivity index (χ2n) is 4.88. The van der Waals surface area contributed by atoms with E-state index in [-0.39, 0.29) is 17.9 Å². The van der Waals surface area contributed by atoms with E-state index in [1.165, 1.54) is 0 Å². The van der Waals surface area contributed by atoms with Crippen LogP contribution in [0.2, 0.25) is 0 Å². The van der Waals surface area contributed by atoms with Crippen LogP contribution in [0.5, 0.6) is 0 Å². The SMILES string of the molecule is N#CC1CN(C(=O)C2CCC(N)CC2)CCO1. The molecular weight excluding hydrogens is 218 g/mol. The highest BCUT2D eigenvalue weighted by Gasteiger charge is 2.31. The monoisotopic (exact) mass is 237 g/mol. The molecule has 5 nitrogen and oxygen atoms in total. The van der Waals surface area contributed by atoms with Crippen molar-refractivity contribution in [2.45, 2.75) is 37.8 Å². The largest absolute Gasteiger partial charge is 0.360 e. The molecule has 0 bridgehead atoms. The Bertz CT molecular complexity index is 318. The number of ether oxygens (including phenoxy) is 1. The summed E-state index contributed by atoms with van der Waals surface area (Å²) >= 11 is 0. The summed E-state index contributed by atoms with van der Waals surface area (Å²) in [6.07, 6.45) is 3.17. The molecule has 1 saturated heterocycles. The minimum absolute atomic E-state index is 0.104. The number of morpholine rings is 1. The molecular formula is C12H19N3O2. The number of nitriles is 1. The third-order valence-corrected chi connectivity index (χ3v) is 3.64. The predicted octanol–water partition coefficient (Wildman–Crippen LogP) is 0.255. The Kier molecular flexibility index (Phi) is 3.97. The molecule has 1 aliphatic heterocycles. The molecule has 5 heteroatoms. The Morgan fingerprint density at radius 2 is 2.06 bits per heavy atom. The maximum atomic E-state index is 12.2. The van der Waals surface area contributed by atoms with E-state index in [9.17, 15) is 4.79 Å². The molecule has 1 atom stereocenters. The summed E-state index contributed by atoms with van der Waals surface area (Å²) in [6.45, 7) is 1.49. The minimum Gasteiger partial charge on any atom is -0.360 e. The van der Waals surface area contributed by atoms with Gasteiger partial charge in [0.15, 0.2) is 6.10 Å². The molecule has 0 aromatic rings. The van der Waals surface area contributed by atoms with Crippen LogP contribution < -0.4 is 5.73 Å². The standard InChI is InChI=1S/C12H19N3O2/c13-7-11-8-15(5-6-17-11)12(16)9-1-3-10(14)4-2-9/h9-11H,1-6,8,14H2. The molecule has 2 fully saturated rings. The van der Waals surface area contributed by atoms with Crippen LogP contribution in [0.25, 0.3) is 0 Å². The van der Waals surface area contributed by atoms with Crippen molar-refractivity contribution in [3.05, 3.63) is 0 Å². The summed E-state index contributed by atoms with van der Waals surface area (Å²) in [4.78, 5) is 14.0. The zero-order valence-electron chi connectivity index (χ0n) is 9.97. The van der Waals surface area contributed by atoms with E-state index in [4.69, 9.17) is 15.7 Å². The smallest absolute Gasteiger partial charge is 0.225 e. The van der Waals surface area contributed by atoms with Crippen molar-refractivity contribution >= 4 is 5.91 Å². The van der Waals surface area contributed by atoms with Gasteiger partial charge in [0.2, 0.25) is 5.91 Å². The summed E-state index contributed by atoms with van der Waals surface area (Å²) in [5.74, 6) is 0.285. The molecule has 2 N–H and O–H groups in total. The van der Waals surface area contributed by atoms with Crippen molar-refractivity contribution in [1.29, 1.82) is 5.26 Å². The first-order valence-corrected chi connectivity index (χ1v) is 6.26. The molecule has 0 spiro atoms. The first-order chi connectivity index (χ1) is 8.20. The van der Waals surface area contributed by atoms with Gasteiger partial charge in [-0.1, -0.05) is 0 Å². The lowest BCUT2D eigenvalue weighted by atomic mass is 9.85. The van der Waals surface area contributed by atoms with Gasteiger partial charge in [-0.25, -0.2) is 0 Å². The average Bonchev–Trinajstić information content (AvgIpc) is 2.39. The van der Waals surface area contributed by atoms with Gasteiger partial charge in [-0.15, -0.1) is 0 Å². The molecule has 0 radical (unpaired) electrons. The molecule has 2 aliphatic rings. The number of carbonyl (C=O) groups is 1. The van der Waals surface area contributed by atoms with Crippen molar-refractivity contribution in [2.24, 2.45) is 11.7 Å². The van der Waals surface area contributed by atoms with E-state index in [0.29, 0.717) is 19.7 Å². The summed E-state index contributed by atoms with van der Waals surface area (Å²) in [5.41, 5.74) is 5.83. The summed E-state index contributed by atoms with van der Waals surface area (Å²) in [5, 5.41) is 8.81. The highest BCUT2D eigenvalue weighted by atomic mass is 16.5. The Hall–Kier alpha value is -1.12. The normalized spacial score (nSPS) is 34.1. The van der Waals surface area contributed by atoms with Crippen LogP contribution in [-0.2, 0) is 9.53 Å². The first-order valence-electron chi connectivity index (χ1n) is 6.26. The van der Waals surface area contributed by atoms with Crippen LogP contribution >= 0.6 is 0 Å². The fourth-order valence-electron chi connectivity index (χ4n) is 2.55. The summed E-state index contributed by atoms with van der Waals surface area (Å²) in [6, 6.07) is 2.32. The second kappa shape index (κ2) is 5.48. The van der Waals surface area contributed by atoms with Gasteiger partial charge < -0.3 is 15.4 Å². The topological polar surface area (TPSA) is 79.4 Å². The maximum absolute atomic E-state index is 12.2. The van der Waals surface area contributed by atoms with E-state index in [1.54, 1.807) is 4.90 Å². The van der Waals surface area contributed by atoms with Crippen molar-refractivity contribution in [3.8, 4) is 6.07 Å². The van der Waals surface area contributed by atoms with Crippen LogP contribution in [0.3, 0.4) is 0 Å². The number of carbonyl (C=O) groups excluding carboxylic acids is 1. The highest BCUT2D eigenvalue weighted by Crippen LogP contribution is 2.25. The minimum atomic E-state index is -0.460. The number of hydrogen-bond acceptors (Lipinski definition) is 4. The van der Waals surface area contributed by atoms with Crippen molar-refractivity contribution in [2.75, 3.05) is 19.7 Å². The molecule has 0 aromatic heterocycles. The van der Waals surface area contributed by atoms with Gasteiger partial charge in [0.05, 0.1) is 19.2 Å². The van der Waals surface area contributed by atoms with E-state index < -0.39 is 6.10 Å². The summed E-state index contributed by atoms with van der Waals surface area (Å²) < 4.78 is 5.24. The molecule has 17 heavy (non-hydrogen) atoms. The van der Waals surface area contributed by atoms with Gasteiger partial charge in [-0.2, -0.15) is 5.26 Å². The lowest BCUT2D eigenvalue weighted by Crippen LogP contribution is -2.48. The Morgan fingerprint density at radius 1 is 1.35 bits per heavy atom. The highest BCUT2D eigenvalue weighted by molar-refractivity contribution is 5.79. The molecule has 0 aromatic carbocycles. The van der Waals surface area contributed by atoms with Crippen LogP contribution in [-0.4, -0.2) is 42.6 Å². The lowest BCUT2D eigenvalue weighted by Gasteiger charge is -2.34. The van der Waals surface area contributed by atoms with Gasteiger partial charge in [0, 0.05) is 18.5 Å². The number of hydrogen-bond donors (Lipinski definition) is 1.